The number of carbonyl (C=O) groups excluding carboxylic acids is 1. The number of aromatic nitrogens is 2. The van der Waals surface area contributed by atoms with Gasteiger partial charge in [-0.1, -0.05) is 0 Å². The molecule has 1 aromatic heterocycles. The smallest absolute Gasteiger partial charge is 0.447 e. The van der Waals surface area contributed by atoms with Crippen molar-refractivity contribution in [3.8, 4) is 0 Å². The summed E-state index contributed by atoms with van der Waals surface area (Å²) >= 11 is 0. The van der Waals surface area contributed by atoms with Crippen LogP contribution in [0.5, 0.6) is 0 Å². The van der Waals surface area contributed by atoms with E-state index < -0.39 is 17.1 Å². The van der Waals surface area contributed by atoms with Crippen LogP contribution in [-0.2, 0) is 9.53 Å². The Balaban J connectivity index is 0.00000225. The minimum atomic E-state index is -0.794. The first kappa shape index (κ1) is 14.9. The van der Waals surface area contributed by atoms with Crippen molar-refractivity contribution in [1.29, 1.82) is 0 Å². The van der Waals surface area contributed by atoms with Gasteiger partial charge in [0.25, 0.3) is 0 Å². The SMILES string of the molecule is [CH2-]C(=O)OC(C)n1c([N+](=O)[O-])cnc1C.[Na+]. The molecule has 8 heteroatoms. The number of nitrogens with zero attached hydrogens (tertiary/aromatic N) is 3. The van der Waals surface area contributed by atoms with E-state index in [0.29, 0.717) is 5.82 Å². The fourth-order valence-electron chi connectivity index (χ4n) is 1.27. The number of nitro groups is 1. The Morgan fingerprint density at radius 2 is 2.31 bits per heavy atom. The van der Waals surface area contributed by atoms with E-state index in [1.807, 2.05) is 0 Å². The van der Waals surface area contributed by atoms with Gasteiger partial charge in [0.1, 0.15) is 6.20 Å². The molecule has 0 aliphatic carbocycles. The van der Waals surface area contributed by atoms with Crippen molar-refractivity contribution in [3.63, 3.8) is 0 Å². The molecule has 0 spiro atoms. The summed E-state index contributed by atoms with van der Waals surface area (Å²) in [7, 11) is 0. The summed E-state index contributed by atoms with van der Waals surface area (Å²) in [6.45, 7) is 6.12. The molecule has 0 saturated heterocycles. The number of esters is 1. The van der Waals surface area contributed by atoms with Crippen LogP contribution >= 0.6 is 0 Å². The first-order valence-electron chi connectivity index (χ1n) is 4.14. The van der Waals surface area contributed by atoms with Crippen molar-refractivity contribution in [2.45, 2.75) is 20.1 Å². The number of ether oxygens (including phenoxy) is 1. The molecular formula is C8H10N3NaO4. The second-order valence-electron chi connectivity index (χ2n) is 2.88. The molecule has 0 fully saturated rings. The topological polar surface area (TPSA) is 87.3 Å². The van der Waals surface area contributed by atoms with Gasteiger partial charge in [-0.05, 0) is 4.92 Å². The minimum Gasteiger partial charge on any atom is -0.447 e. The van der Waals surface area contributed by atoms with E-state index in [9.17, 15) is 14.9 Å². The Hall–Kier alpha value is -1.05. The van der Waals surface area contributed by atoms with E-state index in [1.165, 1.54) is 11.5 Å². The molecule has 0 aliphatic heterocycles. The predicted molar refractivity (Wildman–Crippen MR) is 49.8 cm³/mol. The molecule has 0 saturated carbocycles. The number of aryl methyl sites for hydroxylation is 1. The summed E-state index contributed by atoms with van der Waals surface area (Å²) in [5.74, 6) is -0.568. The predicted octanol–water partition coefficient (Wildman–Crippen LogP) is -2.00. The largest absolute Gasteiger partial charge is 1.00 e. The normalized spacial score (nSPS) is 11.4. The van der Waals surface area contributed by atoms with Crippen LogP contribution in [0.15, 0.2) is 6.20 Å². The number of imidazole rings is 1. The van der Waals surface area contributed by atoms with Crippen molar-refractivity contribution in [1.82, 2.24) is 9.55 Å². The zero-order chi connectivity index (χ0) is 11.6. The van der Waals surface area contributed by atoms with Gasteiger partial charge in [-0.25, -0.2) is 4.98 Å². The van der Waals surface area contributed by atoms with E-state index in [2.05, 4.69) is 11.9 Å². The molecule has 1 atom stereocenters. The van der Waals surface area contributed by atoms with Gasteiger partial charge >= 0.3 is 35.4 Å². The second-order valence-corrected chi connectivity index (χ2v) is 2.88. The average molecular weight is 235 g/mol. The van der Waals surface area contributed by atoms with E-state index in [0.717, 1.165) is 6.20 Å². The van der Waals surface area contributed by atoms with Gasteiger partial charge in [0, 0.05) is 13.8 Å². The Morgan fingerprint density at radius 1 is 1.75 bits per heavy atom. The summed E-state index contributed by atoms with van der Waals surface area (Å²) in [4.78, 5) is 24.4. The third kappa shape index (κ3) is 3.22. The van der Waals surface area contributed by atoms with Crippen LogP contribution in [0.2, 0.25) is 0 Å². The van der Waals surface area contributed by atoms with Crippen LogP contribution in [0.3, 0.4) is 0 Å². The van der Waals surface area contributed by atoms with E-state index in [1.54, 1.807) is 6.92 Å². The van der Waals surface area contributed by atoms with Crippen LogP contribution < -0.4 is 29.6 Å². The Bertz CT molecular complexity index is 404. The zero-order valence-electron chi connectivity index (χ0n) is 9.34. The molecule has 1 rings (SSSR count). The molecular weight excluding hydrogens is 225 g/mol. The molecule has 0 aliphatic rings. The molecule has 1 heterocycles. The molecule has 0 amide bonds. The number of rotatable bonds is 3. The van der Waals surface area contributed by atoms with Gasteiger partial charge in [-0.15, -0.1) is 0 Å². The molecule has 0 radical (unpaired) electrons. The maximum Gasteiger partial charge on any atom is 1.00 e. The van der Waals surface area contributed by atoms with E-state index in [4.69, 9.17) is 4.74 Å². The fourth-order valence-corrected chi connectivity index (χ4v) is 1.27. The summed E-state index contributed by atoms with van der Waals surface area (Å²) < 4.78 is 5.95. The second kappa shape index (κ2) is 5.88. The van der Waals surface area contributed by atoms with Gasteiger partial charge in [0.15, 0.2) is 11.8 Å². The molecule has 1 aromatic rings. The average Bonchev–Trinajstić information content (AvgIpc) is 2.45. The first-order valence-corrected chi connectivity index (χ1v) is 4.14. The van der Waals surface area contributed by atoms with Crippen LogP contribution in [0.25, 0.3) is 0 Å². The Kier molecular flexibility index (Phi) is 5.49. The summed E-state index contributed by atoms with van der Waals surface area (Å²) in [6, 6.07) is 0. The van der Waals surface area contributed by atoms with Gasteiger partial charge in [-0.3, -0.25) is 11.7 Å². The van der Waals surface area contributed by atoms with Crippen molar-refractivity contribution in [2.75, 3.05) is 0 Å². The minimum absolute atomic E-state index is 0. The molecule has 0 bridgehead atoms. The zero-order valence-corrected chi connectivity index (χ0v) is 11.3. The van der Waals surface area contributed by atoms with Gasteiger partial charge in [0.05, 0.1) is 0 Å². The molecule has 1 unspecified atom stereocenters. The fraction of sp³-hybridized carbons (Fsp3) is 0.375. The molecule has 16 heavy (non-hydrogen) atoms. The Morgan fingerprint density at radius 3 is 2.75 bits per heavy atom. The van der Waals surface area contributed by atoms with Crippen LogP contribution in [0.4, 0.5) is 5.82 Å². The van der Waals surface area contributed by atoms with Crippen molar-refractivity contribution in [3.05, 3.63) is 29.1 Å². The maximum atomic E-state index is 10.6. The molecule has 0 aromatic carbocycles. The third-order valence-corrected chi connectivity index (χ3v) is 1.81. The van der Waals surface area contributed by atoms with Crippen molar-refractivity contribution < 1.29 is 44.0 Å². The van der Waals surface area contributed by atoms with E-state index >= 15 is 0 Å². The van der Waals surface area contributed by atoms with Crippen LogP contribution in [-0.4, -0.2) is 20.4 Å². The first-order chi connectivity index (χ1) is 6.93. The number of carbonyl (C=O) groups is 1. The number of hydrogen-bond donors (Lipinski definition) is 0. The van der Waals surface area contributed by atoms with Gasteiger partial charge in [0.2, 0.25) is 6.23 Å². The third-order valence-electron chi connectivity index (χ3n) is 1.81. The van der Waals surface area contributed by atoms with Gasteiger partial charge in [-0.2, -0.15) is 4.57 Å². The van der Waals surface area contributed by atoms with Crippen molar-refractivity contribution in [2.24, 2.45) is 0 Å². The molecule has 7 nitrogen and oxygen atoms in total. The summed E-state index contributed by atoms with van der Waals surface area (Å²) in [6.07, 6.45) is 0.320. The van der Waals surface area contributed by atoms with E-state index in [-0.39, 0.29) is 35.4 Å². The number of hydrogen-bond acceptors (Lipinski definition) is 5. The Labute approximate surface area is 114 Å². The maximum absolute atomic E-state index is 10.6. The van der Waals surface area contributed by atoms with Crippen LogP contribution in [0.1, 0.15) is 19.0 Å². The van der Waals surface area contributed by atoms with Gasteiger partial charge < -0.3 is 14.9 Å². The van der Waals surface area contributed by atoms with Crippen molar-refractivity contribution >= 4 is 11.8 Å². The van der Waals surface area contributed by atoms with Crippen LogP contribution in [0, 0.1) is 24.0 Å². The molecule has 82 valence electrons. The standard InChI is InChI=1S/C8H10N3O4.Na/c1-5-9-4-8(11(13)14)10(5)6(2)15-7(3)12;/h4,6H,3H2,1-2H3;/q-1;+1. The summed E-state index contributed by atoms with van der Waals surface area (Å²) in [5.41, 5.74) is 0. The monoisotopic (exact) mass is 235 g/mol. The molecule has 0 N–H and O–H groups in total. The quantitative estimate of drug-likeness (QED) is 0.199. The summed E-state index contributed by atoms with van der Waals surface area (Å²) in [5, 5.41) is 10.6.